The fourth-order valence-electron chi connectivity index (χ4n) is 2.00. The smallest absolute Gasteiger partial charge is 0.236 e. The Balaban J connectivity index is 2.33. The van der Waals surface area contributed by atoms with Gasteiger partial charge in [-0.15, -0.1) is 0 Å². The van der Waals surface area contributed by atoms with Crippen LogP contribution in [0.15, 0.2) is 0 Å². The molecule has 0 spiro atoms. The molecule has 3 heteroatoms. The Kier molecular flexibility index (Phi) is 4.36. The van der Waals surface area contributed by atoms with E-state index in [1.807, 2.05) is 6.92 Å². The van der Waals surface area contributed by atoms with Gasteiger partial charge in [-0.25, -0.2) is 0 Å². The average molecular weight is 226 g/mol. The Morgan fingerprint density at radius 1 is 1.31 bits per heavy atom. The molecule has 1 atom stereocenters. The fourth-order valence-corrected chi connectivity index (χ4v) is 2.00. The minimum absolute atomic E-state index is 0.0919. The summed E-state index contributed by atoms with van der Waals surface area (Å²) >= 11 is 0. The topological polar surface area (TPSA) is 41.1 Å². The Morgan fingerprint density at radius 3 is 2.31 bits per heavy atom. The largest absolute Gasteiger partial charge is 0.354 e. The van der Waals surface area contributed by atoms with Crippen molar-refractivity contribution in [3.8, 4) is 0 Å². The molecule has 1 unspecified atom stereocenters. The number of hydrogen-bond donors (Lipinski definition) is 2. The quantitative estimate of drug-likeness (QED) is 0.726. The third-order valence-corrected chi connectivity index (χ3v) is 3.26. The minimum Gasteiger partial charge on any atom is -0.354 e. The SMILES string of the molecule is CC(C)CNC(=O)C(C)NC(C)(C)C1CC1. The van der Waals surface area contributed by atoms with Crippen molar-refractivity contribution >= 4 is 5.91 Å². The molecule has 0 aromatic rings. The maximum atomic E-state index is 11.8. The van der Waals surface area contributed by atoms with Gasteiger partial charge < -0.3 is 10.6 Å². The highest BCUT2D eigenvalue weighted by Crippen LogP contribution is 2.39. The highest BCUT2D eigenvalue weighted by atomic mass is 16.2. The lowest BCUT2D eigenvalue weighted by Crippen LogP contribution is -2.52. The summed E-state index contributed by atoms with van der Waals surface area (Å²) in [7, 11) is 0. The van der Waals surface area contributed by atoms with Crippen molar-refractivity contribution in [1.29, 1.82) is 0 Å². The van der Waals surface area contributed by atoms with Crippen LogP contribution >= 0.6 is 0 Å². The second-order valence-corrected chi connectivity index (χ2v) is 6.00. The molecule has 0 saturated heterocycles. The summed E-state index contributed by atoms with van der Waals surface area (Å²) in [5.41, 5.74) is 0.0919. The number of hydrogen-bond acceptors (Lipinski definition) is 2. The summed E-state index contributed by atoms with van der Waals surface area (Å²) < 4.78 is 0. The number of rotatable bonds is 6. The molecule has 1 rings (SSSR count). The van der Waals surface area contributed by atoms with Crippen LogP contribution in [0.2, 0.25) is 0 Å². The molecule has 0 aliphatic heterocycles. The van der Waals surface area contributed by atoms with Gasteiger partial charge in [0.15, 0.2) is 0 Å². The Morgan fingerprint density at radius 2 is 1.88 bits per heavy atom. The van der Waals surface area contributed by atoms with E-state index in [0.717, 1.165) is 12.5 Å². The molecular formula is C13H26N2O. The Bertz CT molecular complexity index is 244. The van der Waals surface area contributed by atoms with Crippen molar-refractivity contribution in [1.82, 2.24) is 10.6 Å². The highest BCUT2D eigenvalue weighted by molar-refractivity contribution is 5.81. The number of nitrogens with one attached hydrogen (secondary N) is 2. The number of carbonyl (C=O) groups is 1. The molecule has 3 nitrogen and oxygen atoms in total. The van der Waals surface area contributed by atoms with Gasteiger partial charge in [0, 0.05) is 12.1 Å². The van der Waals surface area contributed by atoms with Crippen LogP contribution in [-0.2, 0) is 4.79 Å². The zero-order valence-corrected chi connectivity index (χ0v) is 11.3. The molecule has 94 valence electrons. The summed E-state index contributed by atoms with van der Waals surface area (Å²) in [5, 5.41) is 6.39. The summed E-state index contributed by atoms with van der Waals surface area (Å²) in [6.45, 7) is 11.3. The molecule has 2 N–H and O–H groups in total. The average Bonchev–Trinajstić information content (AvgIpc) is 2.96. The van der Waals surface area contributed by atoms with Crippen LogP contribution in [0, 0.1) is 11.8 Å². The monoisotopic (exact) mass is 226 g/mol. The van der Waals surface area contributed by atoms with Crippen molar-refractivity contribution < 1.29 is 4.79 Å². The van der Waals surface area contributed by atoms with E-state index in [9.17, 15) is 4.79 Å². The van der Waals surface area contributed by atoms with Crippen LogP contribution in [-0.4, -0.2) is 24.0 Å². The minimum atomic E-state index is -0.102. The fraction of sp³-hybridized carbons (Fsp3) is 0.923. The van der Waals surface area contributed by atoms with Crippen LogP contribution in [0.25, 0.3) is 0 Å². The molecule has 0 aromatic carbocycles. The van der Waals surface area contributed by atoms with Gasteiger partial charge >= 0.3 is 0 Å². The van der Waals surface area contributed by atoms with E-state index in [2.05, 4.69) is 38.3 Å². The van der Waals surface area contributed by atoms with Gasteiger partial charge in [-0.1, -0.05) is 13.8 Å². The predicted octanol–water partition coefficient (Wildman–Crippen LogP) is 1.93. The molecule has 1 aliphatic carbocycles. The molecular weight excluding hydrogens is 200 g/mol. The van der Waals surface area contributed by atoms with Crippen molar-refractivity contribution in [2.45, 2.75) is 59.0 Å². The molecule has 1 saturated carbocycles. The summed E-state index contributed by atoms with van der Waals surface area (Å²) in [6, 6.07) is -0.102. The molecule has 16 heavy (non-hydrogen) atoms. The van der Waals surface area contributed by atoms with E-state index >= 15 is 0 Å². The van der Waals surface area contributed by atoms with Crippen molar-refractivity contribution in [3.05, 3.63) is 0 Å². The lowest BCUT2D eigenvalue weighted by atomic mass is 9.97. The van der Waals surface area contributed by atoms with Gasteiger partial charge in [0.1, 0.15) is 0 Å². The lowest BCUT2D eigenvalue weighted by Gasteiger charge is -2.30. The zero-order chi connectivity index (χ0) is 12.3. The normalized spacial score (nSPS) is 18.6. The van der Waals surface area contributed by atoms with E-state index in [1.165, 1.54) is 12.8 Å². The third-order valence-electron chi connectivity index (χ3n) is 3.26. The van der Waals surface area contributed by atoms with Crippen LogP contribution in [0.5, 0.6) is 0 Å². The molecule has 1 fully saturated rings. The molecule has 0 bridgehead atoms. The first-order valence-electron chi connectivity index (χ1n) is 6.38. The number of amides is 1. The standard InChI is InChI=1S/C13H26N2O/c1-9(2)8-14-12(16)10(3)15-13(4,5)11-6-7-11/h9-11,15H,6-8H2,1-5H3,(H,14,16). The van der Waals surface area contributed by atoms with E-state index in [-0.39, 0.29) is 17.5 Å². The third kappa shape index (κ3) is 4.12. The van der Waals surface area contributed by atoms with Crippen molar-refractivity contribution in [2.24, 2.45) is 11.8 Å². The number of carbonyl (C=O) groups excluding carboxylic acids is 1. The van der Waals surface area contributed by atoms with Gasteiger partial charge in [-0.2, -0.15) is 0 Å². The van der Waals surface area contributed by atoms with E-state index in [0.29, 0.717) is 5.92 Å². The Hall–Kier alpha value is -0.570. The second-order valence-electron chi connectivity index (χ2n) is 6.00. The molecule has 1 amide bonds. The molecule has 0 radical (unpaired) electrons. The summed E-state index contributed by atoms with van der Waals surface area (Å²) in [5.74, 6) is 1.36. The van der Waals surface area contributed by atoms with Crippen LogP contribution in [0.4, 0.5) is 0 Å². The van der Waals surface area contributed by atoms with Gasteiger partial charge in [0.05, 0.1) is 6.04 Å². The van der Waals surface area contributed by atoms with Crippen molar-refractivity contribution in [2.75, 3.05) is 6.54 Å². The van der Waals surface area contributed by atoms with Crippen molar-refractivity contribution in [3.63, 3.8) is 0 Å². The summed E-state index contributed by atoms with van der Waals surface area (Å²) in [6.07, 6.45) is 2.58. The van der Waals surface area contributed by atoms with E-state index < -0.39 is 0 Å². The van der Waals surface area contributed by atoms with E-state index in [4.69, 9.17) is 0 Å². The first-order valence-corrected chi connectivity index (χ1v) is 6.38. The van der Waals surface area contributed by atoms with Gasteiger partial charge in [0.25, 0.3) is 0 Å². The van der Waals surface area contributed by atoms with Crippen LogP contribution in [0.1, 0.15) is 47.5 Å². The molecule has 1 aliphatic rings. The second kappa shape index (κ2) is 5.17. The first kappa shape index (κ1) is 13.5. The summed E-state index contributed by atoms with van der Waals surface area (Å²) in [4.78, 5) is 11.8. The van der Waals surface area contributed by atoms with Gasteiger partial charge in [-0.05, 0) is 45.4 Å². The van der Waals surface area contributed by atoms with E-state index in [1.54, 1.807) is 0 Å². The maximum Gasteiger partial charge on any atom is 0.236 e. The zero-order valence-electron chi connectivity index (χ0n) is 11.3. The van der Waals surface area contributed by atoms with Crippen LogP contribution in [0.3, 0.4) is 0 Å². The molecule has 0 heterocycles. The predicted molar refractivity (Wildman–Crippen MR) is 67.2 cm³/mol. The van der Waals surface area contributed by atoms with Gasteiger partial charge in [0.2, 0.25) is 5.91 Å². The maximum absolute atomic E-state index is 11.8. The first-order chi connectivity index (χ1) is 7.33. The lowest BCUT2D eigenvalue weighted by molar-refractivity contribution is -0.123. The molecule has 0 aromatic heterocycles. The highest BCUT2D eigenvalue weighted by Gasteiger charge is 2.38. The Labute approximate surface area is 99.4 Å². The van der Waals surface area contributed by atoms with Gasteiger partial charge in [-0.3, -0.25) is 4.79 Å². The van der Waals surface area contributed by atoms with Crippen LogP contribution < -0.4 is 10.6 Å².